The number of hydrogen-bond donors (Lipinski definition) is 0. The monoisotopic (exact) mass is 220 g/mol. The van der Waals surface area contributed by atoms with E-state index in [1.165, 1.54) is 6.42 Å². The van der Waals surface area contributed by atoms with Crippen molar-refractivity contribution in [3.05, 3.63) is 23.8 Å². The summed E-state index contributed by atoms with van der Waals surface area (Å²) in [5.41, 5.74) is 2.35. The molecule has 0 spiro atoms. The third kappa shape index (κ3) is 2.63. The van der Waals surface area contributed by atoms with Gasteiger partial charge in [0.05, 0.1) is 0 Å². The predicted molar refractivity (Wildman–Crippen MR) is 69.3 cm³/mol. The third-order valence-corrected chi connectivity index (χ3v) is 3.87. The fourth-order valence-electron chi connectivity index (χ4n) is 2.79. The lowest BCUT2D eigenvalue weighted by molar-refractivity contribution is -0.121. The van der Waals surface area contributed by atoms with E-state index >= 15 is 0 Å². The van der Waals surface area contributed by atoms with E-state index in [4.69, 9.17) is 0 Å². The van der Waals surface area contributed by atoms with Gasteiger partial charge in [-0.15, -0.1) is 0 Å². The number of carbonyl (C=O) groups is 1. The lowest BCUT2D eigenvalue weighted by Gasteiger charge is -2.41. The van der Waals surface area contributed by atoms with Crippen LogP contribution in [0, 0.1) is 11.3 Å². The topological polar surface area (TPSA) is 17.1 Å². The fourth-order valence-corrected chi connectivity index (χ4v) is 2.79. The van der Waals surface area contributed by atoms with Crippen molar-refractivity contribution >= 4 is 5.78 Å². The summed E-state index contributed by atoms with van der Waals surface area (Å²) in [6.07, 6.45) is 6.19. The maximum atomic E-state index is 12.3. The van der Waals surface area contributed by atoms with Crippen LogP contribution in [0.1, 0.15) is 53.4 Å². The normalized spacial score (nSPS) is 30.0. The number of ketones is 1. The Morgan fingerprint density at radius 3 is 2.69 bits per heavy atom. The summed E-state index contributed by atoms with van der Waals surface area (Å²) >= 11 is 0. The first kappa shape index (κ1) is 13.2. The summed E-state index contributed by atoms with van der Waals surface area (Å²) in [5.74, 6) is 0.301. The van der Waals surface area contributed by atoms with E-state index in [-0.39, 0.29) is 17.1 Å². The maximum absolute atomic E-state index is 12.3. The summed E-state index contributed by atoms with van der Waals surface area (Å²) < 4.78 is 0. The lowest BCUT2D eigenvalue weighted by Crippen LogP contribution is -2.36. The molecule has 1 heteroatoms. The molecule has 2 unspecified atom stereocenters. The van der Waals surface area contributed by atoms with E-state index in [1.54, 1.807) is 6.08 Å². The Morgan fingerprint density at radius 1 is 1.56 bits per heavy atom. The highest BCUT2D eigenvalue weighted by atomic mass is 16.1. The fraction of sp³-hybridized carbons (Fsp3) is 0.667. The Kier molecular flexibility index (Phi) is 4.12. The molecule has 1 aliphatic carbocycles. The lowest BCUT2D eigenvalue weighted by atomic mass is 9.62. The van der Waals surface area contributed by atoms with Crippen molar-refractivity contribution in [3.8, 4) is 0 Å². The summed E-state index contributed by atoms with van der Waals surface area (Å²) in [7, 11) is 0. The quantitative estimate of drug-likeness (QED) is 0.512. The summed E-state index contributed by atoms with van der Waals surface area (Å²) in [6.45, 7) is 12.5. The molecule has 0 N–H and O–H groups in total. The Balaban J connectivity index is 3.00. The zero-order valence-corrected chi connectivity index (χ0v) is 11.1. The van der Waals surface area contributed by atoms with Gasteiger partial charge in [-0.1, -0.05) is 31.6 Å². The van der Waals surface area contributed by atoms with E-state index in [0.29, 0.717) is 0 Å². The van der Waals surface area contributed by atoms with E-state index in [0.717, 1.165) is 30.4 Å². The van der Waals surface area contributed by atoms with Gasteiger partial charge in [-0.2, -0.15) is 0 Å². The highest BCUT2D eigenvalue weighted by molar-refractivity contribution is 5.94. The van der Waals surface area contributed by atoms with E-state index < -0.39 is 0 Å². The van der Waals surface area contributed by atoms with Gasteiger partial charge < -0.3 is 0 Å². The maximum Gasteiger partial charge on any atom is 0.163 e. The van der Waals surface area contributed by atoms with Crippen molar-refractivity contribution in [1.29, 1.82) is 0 Å². The molecule has 0 heterocycles. The number of hydrogen-bond acceptors (Lipinski definition) is 1. The molecule has 0 aromatic rings. The average molecular weight is 220 g/mol. The van der Waals surface area contributed by atoms with Crippen LogP contribution in [0.4, 0.5) is 0 Å². The van der Waals surface area contributed by atoms with Gasteiger partial charge in [-0.05, 0) is 51.0 Å². The molecule has 0 radical (unpaired) electrons. The van der Waals surface area contributed by atoms with Crippen molar-refractivity contribution in [2.75, 3.05) is 0 Å². The zero-order valence-electron chi connectivity index (χ0n) is 11.1. The predicted octanol–water partition coefficient (Wildman–Crippen LogP) is 4.29. The van der Waals surface area contributed by atoms with Crippen LogP contribution in [-0.2, 0) is 4.79 Å². The van der Waals surface area contributed by atoms with E-state index in [9.17, 15) is 4.79 Å². The Bertz CT molecular complexity index is 320. The second-order valence-corrected chi connectivity index (χ2v) is 5.58. The van der Waals surface area contributed by atoms with Crippen molar-refractivity contribution in [2.45, 2.75) is 53.4 Å². The molecular weight excluding hydrogens is 196 g/mol. The van der Waals surface area contributed by atoms with Crippen LogP contribution in [-0.4, -0.2) is 5.78 Å². The zero-order chi connectivity index (χ0) is 12.3. The van der Waals surface area contributed by atoms with Gasteiger partial charge in [0.1, 0.15) is 0 Å². The first-order chi connectivity index (χ1) is 7.40. The van der Waals surface area contributed by atoms with Gasteiger partial charge in [0.25, 0.3) is 0 Å². The van der Waals surface area contributed by atoms with Crippen LogP contribution in [0.3, 0.4) is 0 Å². The molecule has 1 saturated carbocycles. The van der Waals surface area contributed by atoms with Crippen LogP contribution < -0.4 is 0 Å². The SMILES string of the molecule is C=C1CCCC(C)(CC)C1C(=O)C=C(C)C. The molecule has 2 atom stereocenters. The molecule has 0 amide bonds. The summed E-state index contributed by atoms with van der Waals surface area (Å²) in [5, 5.41) is 0. The summed E-state index contributed by atoms with van der Waals surface area (Å²) in [4.78, 5) is 12.3. The first-order valence-corrected chi connectivity index (χ1v) is 6.27. The van der Waals surface area contributed by atoms with Crippen LogP contribution in [0.15, 0.2) is 23.8 Å². The molecule has 1 rings (SSSR count). The molecule has 0 saturated heterocycles. The van der Waals surface area contributed by atoms with Crippen molar-refractivity contribution in [2.24, 2.45) is 11.3 Å². The van der Waals surface area contributed by atoms with Crippen LogP contribution in [0.25, 0.3) is 0 Å². The molecule has 0 aromatic heterocycles. The second-order valence-electron chi connectivity index (χ2n) is 5.58. The van der Waals surface area contributed by atoms with Gasteiger partial charge >= 0.3 is 0 Å². The first-order valence-electron chi connectivity index (χ1n) is 6.27. The minimum atomic E-state index is 0.0427. The molecule has 1 aliphatic rings. The van der Waals surface area contributed by atoms with Crippen molar-refractivity contribution in [3.63, 3.8) is 0 Å². The molecule has 0 aliphatic heterocycles. The van der Waals surface area contributed by atoms with Crippen molar-refractivity contribution in [1.82, 2.24) is 0 Å². The number of carbonyl (C=O) groups excluding carboxylic acids is 1. The molecule has 0 bridgehead atoms. The molecule has 16 heavy (non-hydrogen) atoms. The van der Waals surface area contributed by atoms with E-state index in [2.05, 4.69) is 20.4 Å². The molecular formula is C15H24O. The third-order valence-electron chi connectivity index (χ3n) is 3.87. The highest BCUT2D eigenvalue weighted by Crippen LogP contribution is 2.46. The average Bonchev–Trinajstić information content (AvgIpc) is 2.16. The van der Waals surface area contributed by atoms with Gasteiger partial charge in [0.15, 0.2) is 5.78 Å². The van der Waals surface area contributed by atoms with E-state index in [1.807, 2.05) is 13.8 Å². The Hall–Kier alpha value is -0.850. The molecule has 1 fully saturated rings. The second kappa shape index (κ2) is 4.99. The van der Waals surface area contributed by atoms with Gasteiger partial charge in [-0.3, -0.25) is 4.79 Å². The van der Waals surface area contributed by atoms with Crippen LogP contribution >= 0.6 is 0 Å². The molecule has 90 valence electrons. The minimum absolute atomic E-state index is 0.0427. The molecule has 1 nitrogen and oxygen atoms in total. The minimum Gasteiger partial charge on any atom is -0.294 e. The largest absolute Gasteiger partial charge is 0.294 e. The van der Waals surface area contributed by atoms with Crippen molar-refractivity contribution < 1.29 is 4.79 Å². The standard InChI is InChI=1S/C15H24O/c1-6-15(5)9-7-8-12(4)14(15)13(16)10-11(2)3/h10,14H,4,6-9H2,1-3,5H3. The number of allylic oxidation sites excluding steroid dienone is 3. The summed E-state index contributed by atoms with van der Waals surface area (Å²) in [6, 6.07) is 0. The van der Waals surface area contributed by atoms with Crippen LogP contribution in [0.2, 0.25) is 0 Å². The van der Waals surface area contributed by atoms with Gasteiger partial charge in [0, 0.05) is 5.92 Å². The Morgan fingerprint density at radius 2 is 2.19 bits per heavy atom. The van der Waals surface area contributed by atoms with Gasteiger partial charge in [-0.25, -0.2) is 0 Å². The number of rotatable bonds is 3. The Labute approximate surface area is 99.6 Å². The van der Waals surface area contributed by atoms with Crippen LogP contribution in [0.5, 0.6) is 0 Å². The molecule has 0 aromatic carbocycles. The smallest absolute Gasteiger partial charge is 0.163 e. The highest BCUT2D eigenvalue weighted by Gasteiger charge is 2.40. The van der Waals surface area contributed by atoms with Gasteiger partial charge in [0.2, 0.25) is 0 Å².